The number of rotatable bonds is 7. The molecule has 1 aromatic rings. The number of nitrogens with one attached hydrogen (secondary N) is 2. The maximum Gasteiger partial charge on any atom is 0.243 e. The highest BCUT2D eigenvalue weighted by atomic mass is 127. The maximum absolute atomic E-state index is 11.9. The number of guanidine groups is 1. The minimum absolute atomic E-state index is 0. The number of thiophene rings is 1. The molecule has 2 heterocycles. The van der Waals surface area contributed by atoms with E-state index < -0.39 is 0 Å². The number of carbonyl (C=O) groups excluding carboxylic acids is 1. The molecule has 1 aliphatic carbocycles. The Morgan fingerprint density at radius 1 is 1.27 bits per heavy atom. The van der Waals surface area contributed by atoms with Crippen molar-refractivity contribution in [2.24, 2.45) is 4.99 Å². The average molecular weight is 551 g/mol. The largest absolute Gasteiger partial charge is 0.356 e. The van der Waals surface area contributed by atoms with Gasteiger partial charge in [0.25, 0.3) is 0 Å². The van der Waals surface area contributed by atoms with Gasteiger partial charge in [-0.2, -0.15) is 0 Å². The van der Waals surface area contributed by atoms with Crippen molar-refractivity contribution in [3.8, 4) is 0 Å². The number of nitrogens with zero attached hydrogens (tertiary/aromatic N) is 2. The summed E-state index contributed by atoms with van der Waals surface area (Å²) in [5, 5.41) is 8.76. The number of carbonyl (C=O) groups is 1. The normalized spacial score (nSPS) is 21.0. The Morgan fingerprint density at radius 2 is 2.03 bits per heavy atom. The first-order valence-electron chi connectivity index (χ1n) is 10.6. The topological polar surface area (TPSA) is 75.2 Å². The van der Waals surface area contributed by atoms with Crippen LogP contribution in [-0.2, 0) is 20.7 Å². The molecule has 1 aliphatic heterocycles. The molecule has 1 amide bonds. The van der Waals surface area contributed by atoms with Crippen molar-refractivity contribution >= 4 is 47.2 Å². The molecule has 1 aromatic heterocycles. The smallest absolute Gasteiger partial charge is 0.243 e. The van der Waals surface area contributed by atoms with Gasteiger partial charge in [0.1, 0.15) is 12.6 Å². The van der Waals surface area contributed by atoms with Crippen LogP contribution in [0.25, 0.3) is 0 Å². The molecule has 2 aliphatic rings. The van der Waals surface area contributed by atoms with Crippen molar-refractivity contribution in [3.05, 3.63) is 22.4 Å². The van der Waals surface area contributed by atoms with E-state index in [2.05, 4.69) is 33.1 Å². The van der Waals surface area contributed by atoms with Gasteiger partial charge >= 0.3 is 0 Å². The molecule has 1 spiro atoms. The molecule has 9 heteroatoms. The quantitative estimate of drug-likeness (QED) is 0.310. The van der Waals surface area contributed by atoms with E-state index >= 15 is 0 Å². The average Bonchev–Trinajstić information content (AvgIpc) is 3.30. The lowest BCUT2D eigenvalue weighted by atomic mass is 10.1. The van der Waals surface area contributed by atoms with Crippen LogP contribution in [0.15, 0.2) is 22.5 Å². The van der Waals surface area contributed by atoms with Gasteiger partial charge in [0.2, 0.25) is 5.91 Å². The zero-order valence-corrected chi connectivity index (χ0v) is 21.2. The molecule has 0 radical (unpaired) electrons. The minimum atomic E-state index is -0.381. The lowest BCUT2D eigenvalue weighted by molar-refractivity contribution is -0.175. The molecule has 1 unspecified atom stereocenters. The number of hydrogen-bond acceptors (Lipinski definition) is 5. The van der Waals surface area contributed by atoms with Crippen molar-refractivity contribution in [1.82, 2.24) is 15.5 Å². The van der Waals surface area contributed by atoms with Gasteiger partial charge < -0.3 is 25.0 Å². The first-order valence-corrected chi connectivity index (χ1v) is 11.5. The van der Waals surface area contributed by atoms with Gasteiger partial charge in [-0.1, -0.05) is 18.9 Å². The number of ether oxygens (including phenoxy) is 2. The Morgan fingerprint density at radius 3 is 2.70 bits per heavy atom. The van der Waals surface area contributed by atoms with Gasteiger partial charge in [-0.15, -0.1) is 35.3 Å². The highest BCUT2D eigenvalue weighted by molar-refractivity contribution is 14.0. The van der Waals surface area contributed by atoms with E-state index in [-0.39, 0.29) is 48.3 Å². The molecule has 3 rings (SSSR count). The van der Waals surface area contributed by atoms with Crippen LogP contribution in [-0.4, -0.2) is 69.0 Å². The van der Waals surface area contributed by atoms with Crippen molar-refractivity contribution in [2.45, 2.75) is 56.8 Å². The third-order valence-electron chi connectivity index (χ3n) is 5.39. The highest BCUT2D eigenvalue weighted by Gasteiger charge is 2.41. The number of halogens is 1. The van der Waals surface area contributed by atoms with Gasteiger partial charge in [0, 0.05) is 44.9 Å². The fourth-order valence-electron chi connectivity index (χ4n) is 3.68. The Labute approximate surface area is 201 Å². The van der Waals surface area contributed by atoms with Gasteiger partial charge in [-0.05, 0) is 30.7 Å². The SMILES string of the molecule is CN(C)C(=O)CN=C(NCCc1cccs1)NCC1COC2(CCCCCC2)O1.I. The molecule has 1 saturated carbocycles. The van der Waals surface area contributed by atoms with Crippen LogP contribution in [0.3, 0.4) is 0 Å². The van der Waals surface area contributed by atoms with Gasteiger partial charge in [-0.25, -0.2) is 4.99 Å². The van der Waals surface area contributed by atoms with E-state index in [0.29, 0.717) is 19.1 Å². The molecule has 7 nitrogen and oxygen atoms in total. The summed E-state index contributed by atoms with van der Waals surface area (Å²) in [5.74, 6) is 0.234. The predicted molar refractivity (Wildman–Crippen MR) is 132 cm³/mol. The van der Waals surface area contributed by atoms with Gasteiger partial charge in [-0.3, -0.25) is 4.79 Å². The Hall–Kier alpha value is -0.910. The monoisotopic (exact) mass is 550 g/mol. The zero-order valence-electron chi connectivity index (χ0n) is 18.0. The van der Waals surface area contributed by atoms with Crippen LogP contribution in [0, 0.1) is 0 Å². The summed E-state index contributed by atoms with van der Waals surface area (Å²) < 4.78 is 12.4. The first-order chi connectivity index (χ1) is 14.1. The number of hydrogen-bond donors (Lipinski definition) is 2. The molecule has 0 aromatic carbocycles. The summed E-state index contributed by atoms with van der Waals surface area (Å²) >= 11 is 1.75. The predicted octanol–water partition coefficient (Wildman–Crippen LogP) is 3.00. The fraction of sp³-hybridized carbons (Fsp3) is 0.714. The van der Waals surface area contributed by atoms with Gasteiger partial charge in [0.05, 0.1) is 6.61 Å². The summed E-state index contributed by atoms with van der Waals surface area (Å²) in [6.07, 6.45) is 7.77. The van der Waals surface area contributed by atoms with E-state index in [1.165, 1.54) is 30.6 Å². The summed E-state index contributed by atoms with van der Waals surface area (Å²) in [4.78, 5) is 19.3. The van der Waals surface area contributed by atoms with Crippen LogP contribution in [0.4, 0.5) is 0 Å². The molecule has 30 heavy (non-hydrogen) atoms. The third-order valence-corrected chi connectivity index (χ3v) is 6.33. The molecule has 1 atom stereocenters. The van der Waals surface area contributed by atoms with E-state index in [1.807, 2.05) is 0 Å². The van der Waals surface area contributed by atoms with Crippen LogP contribution in [0.1, 0.15) is 43.4 Å². The van der Waals surface area contributed by atoms with Crippen molar-refractivity contribution in [1.29, 1.82) is 0 Å². The van der Waals surface area contributed by atoms with Crippen molar-refractivity contribution < 1.29 is 14.3 Å². The molecule has 2 fully saturated rings. The summed E-state index contributed by atoms with van der Waals surface area (Å²) in [7, 11) is 3.48. The van der Waals surface area contributed by atoms with Gasteiger partial charge in [0.15, 0.2) is 11.7 Å². The number of likely N-dealkylation sites (N-methyl/N-ethyl adjacent to an activating group) is 1. The highest BCUT2D eigenvalue weighted by Crippen LogP contribution is 2.36. The second-order valence-electron chi connectivity index (χ2n) is 7.97. The molecule has 170 valence electrons. The Kier molecular flexibility index (Phi) is 10.8. The zero-order chi connectivity index (χ0) is 20.5. The van der Waals surface area contributed by atoms with E-state index in [1.54, 1.807) is 30.3 Å². The Balaban J connectivity index is 0.00000320. The molecule has 1 saturated heterocycles. The molecular formula is C21H35IN4O3S. The number of aliphatic imine (C=N–C) groups is 1. The number of amides is 1. The lowest BCUT2D eigenvalue weighted by Crippen LogP contribution is -2.43. The summed E-state index contributed by atoms with van der Waals surface area (Å²) in [6, 6.07) is 4.19. The van der Waals surface area contributed by atoms with Crippen molar-refractivity contribution in [3.63, 3.8) is 0 Å². The Bertz CT molecular complexity index is 661. The third kappa shape index (κ3) is 7.97. The van der Waals surface area contributed by atoms with Crippen molar-refractivity contribution in [2.75, 3.05) is 40.3 Å². The molecule has 2 N–H and O–H groups in total. The standard InChI is InChI=1S/C21H34N4O3S.HI/c1-25(2)19(26)15-24-20(22-12-9-18-8-7-13-29-18)23-14-17-16-27-21(28-17)10-5-3-4-6-11-21;/h7-8,13,17H,3-6,9-12,14-16H2,1-2H3,(H2,22,23,24);1H. The fourth-order valence-corrected chi connectivity index (χ4v) is 4.39. The molecule has 0 bridgehead atoms. The second kappa shape index (κ2) is 12.8. The second-order valence-corrected chi connectivity index (χ2v) is 9.00. The minimum Gasteiger partial charge on any atom is -0.356 e. The van der Waals surface area contributed by atoms with E-state index in [4.69, 9.17) is 9.47 Å². The summed E-state index contributed by atoms with van der Waals surface area (Å²) in [6.45, 7) is 2.09. The first kappa shape index (κ1) is 25.4. The van der Waals surface area contributed by atoms with E-state index in [0.717, 1.165) is 25.8 Å². The van der Waals surface area contributed by atoms with E-state index in [9.17, 15) is 4.79 Å². The van der Waals surface area contributed by atoms with Crippen LogP contribution >= 0.6 is 35.3 Å². The summed E-state index contributed by atoms with van der Waals surface area (Å²) in [5.41, 5.74) is 0. The van der Waals surface area contributed by atoms with Crippen LogP contribution in [0.2, 0.25) is 0 Å². The van der Waals surface area contributed by atoms with Crippen LogP contribution < -0.4 is 10.6 Å². The van der Waals surface area contributed by atoms with Crippen LogP contribution in [0.5, 0.6) is 0 Å². The molecular weight excluding hydrogens is 515 g/mol. The maximum atomic E-state index is 11.9. The lowest BCUT2D eigenvalue weighted by Gasteiger charge is -2.26.